The van der Waals surface area contributed by atoms with Gasteiger partial charge in [-0.1, -0.05) is 35.9 Å². The highest BCUT2D eigenvalue weighted by atomic mass is 16.6. The van der Waals surface area contributed by atoms with Crippen LogP contribution in [-0.4, -0.2) is 56.8 Å². The summed E-state index contributed by atoms with van der Waals surface area (Å²) in [5.41, 5.74) is -1.73. The quantitative estimate of drug-likeness (QED) is 0.0872. The Labute approximate surface area is 233 Å². The molecule has 0 fully saturated rings. The number of esters is 2. The van der Waals surface area contributed by atoms with Gasteiger partial charge >= 0.3 is 17.6 Å². The number of aliphatic imine (C=N–C) groups is 1. The first kappa shape index (κ1) is 28.5. The summed E-state index contributed by atoms with van der Waals surface area (Å²) >= 11 is 0. The fraction of sp³-hybridized carbons (Fsp3) is 0.172. The lowest BCUT2D eigenvalue weighted by Gasteiger charge is -2.29. The number of methoxy groups -OCH3 is 1. The second-order valence-corrected chi connectivity index (χ2v) is 9.25. The first-order valence-corrected chi connectivity index (χ1v) is 12.1. The fourth-order valence-electron chi connectivity index (χ4n) is 4.36. The Morgan fingerprint density at radius 3 is 2.29 bits per heavy atom. The Morgan fingerprint density at radius 2 is 1.71 bits per heavy atom. The highest BCUT2D eigenvalue weighted by Crippen LogP contribution is 2.40. The molecule has 0 saturated heterocycles. The Morgan fingerprint density at radius 1 is 1.00 bits per heavy atom. The number of nitrogens with zero attached hydrogens (tertiary/aromatic N) is 2. The Kier molecular flexibility index (Phi) is 7.85. The van der Waals surface area contributed by atoms with Crippen LogP contribution in [0.25, 0.3) is 0 Å². The molecule has 3 aromatic carbocycles. The maximum atomic E-state index is 13.7. The predicted molar refractivity (Wildman–Crippen MR) is 144 cm³/mol. The first-order valence-electron chi connectivity index (χ1n) is 12.1. The molecule has 0 saturated carbocycles. The number of allylic oxidation sites excluding steroid dienone is 1. The number of nitro groups is 1. The van der Waals surface area contributed by atoms with E-state index >= 15 is 0 Å². The number of ketones is 1. The average molecular weight is 561 g/mol. The molecule has 4 rings (SSSR count). The predicted octanol–water partition coefficient (Wildman–Crippen LogP) is 3.57. The maximum Gasteiger partial charge on any atom is 0.344 e. The molecular weight excluding hydrogens is 536 g/mol. The standard InChI is InChI=1S/C29H24N2O10/c1-16-4-7-18(8-5-16)25(34)19-14-21(31(38)39)26(35)24(15-19)41-28(37)29(10-3-11-30-29)20(27(36)40-2)12-17-6-9-22(32)23(33)13-17/h3-11,13-15,20,32-33,35H,12H2,1-2H3. The lowest BCUT2D eigenvalue weighted by Crippen LogP contribution is -2.49. The third-order valence-electron chi connectivity index (χ3n) is 6.58. The van der Waals surface area contributed by atoms with E-state index in [9.17, 15) is 39.8 Å². The molecule has 2 atom stereocenters. The number of hydrogen-bond acceptors (Lipinski definition) is 11. The van der Waals surface area contributed by atoms with Crippen LogP contribution in [0.5, 0.6) is 23.0 Å². The van der Waals surface area contributed by atoms with Crippen LogP contribution >= 0.6 is 0 Å². The molecule has 2 unspecified atom stereocenters. The molecule has 0 radical (unpaired) electrons. The number of rotatable bonds is 9. The summed E-state index contributed by atoms with van der Waals surface area (Å²) < 4.78 is 10.3. The third kappa shape index (κ3) is 5.62. The van der Waals surface area contributed by atoms with Crippen molar-refractivity contribution in [3.8, 4) is 23.0 Å². The number of carbonyl (C=O) groups is 3. The number of benzene rings is 3. The normalized spacial score (nSPS) is 16.2. The number of ether oxygens (including phenoxy) is 2. The monoisotopic (exact) mass is 560 g/mol. The van der Waals surface area contributed by atoms with Gasteiger partial charge in [0.25, 0.3) is 0 Å². The number of phenols is 3. The van der Waals surface area contributed by atoms with Gasteiger partial charge in [0, 0.05) is 23.4 Å². The van der Waals surface area contributed by atoms with Crippen molar-refractivity contribution in [2.24, 2.45) is 10.9 Å². The van der Waals surface area contributed by atoms with Crippen molar-refractivity contribution in [2.75, 3.05) is 7.11 Å². The lowest BCUT2D eigenvalue weighted by molar-refractivity contribution is -0.386. The van der Waals surface area contributed by atoms with Crippen LogP contribution < -0.4 is 4.74 Å². The van der Waals surface area contributed by atoms with Gasteiger partial charge in [-0.2, -0.15) is 0 Å². The van der Waals surface area contributed by atoms with Crippen LogP contribution in [0.2, 0.25) is 0 Å². The van der Waals surface area contributed by atoms with E-state index < -0.39 is 62.8 Å². The van der Waals surface area contributed by atoms with Crippen LogP contribution in [0.4, 0.5) is 5.69 Å². The van der Waals surface area contributed by atoms with Crippen molar-refractivity contribution in [1.82, 2.24) is 0 Å². The number of aromatic hydroxyl groups is 3. The molecule has 0 bridgehead atoms. The SMILES string of the molecule is COC(=O)C(Cc1ccc(O)c(O)c1)C1(C(=O)Oc2cc(C(=O)c3ccc(C)cc3)cc([N+](=O)[O-])c2O)C=CC=N1. The number of nitro benzene ring substituents is 1. The van der Waals surface area contributed by atoms with Gasteiger partial charge in [0.2, 0.25) is 5.75 Å². The molecule has 1 heterocycles. The molecule has 12 heteroatoms. The summed E-state index contributed by atoms with van der Waals surface area (Å²) in [5.74, 6) is -6.63. The van der Waals surface area contributed by atoms with Crippen LogP contribution in [0.1, 0.15) is 27.0 Å². The van der Waals surface area contributed by atoms with Gasteiger partial charge in [0.15, 0.2) is 28.6 Å². The summed E-state index contributed by atoms with van der Waals surface area (Å²) in [6.07, 6.45) is 3.68. The lowest BCUT2D eigenvalue weighted by atomic mass is 9.80. The van der Waals surface area contributed by atoms with Gasteiger partial charge in [0.05, 0.1) is 12.0 Å². The van der Waals surface area contributed by atoms with Gasteiger partial charge in [0.1, 0.15) is 5.92 Å². The van der Waals surface area contributed by atoms with Gasteiger partial charge in [-0.25, -0.2) is 4.79 Å². The van der Waals surface area contributed by atoms with Crippen molar-refractivity contribution in [3.05, 3.63) is 99.1 Å². The maximum absolute atomic E-state index is 13.7. The van der Waals surface area contributed by atoms with E-state index in [1.165, 1.54) is 48.7 Å². The third-order valence-corrected chi connectivity index (χ3v) is 6.58. The summed E-state index contributed by atoms with van der Waals surface area (Å²) in [6, 6.07) is 12.1. The second kappa shape index (κ2) is 11.3. The van der Waals surface area contributed by atoms with Gasteiger partial charge in [-0.15, -0.1) is 0 Å². The van der Waals surface area contributed by atoms with Gasteiger partial charge < -0.3 is 24.8 Å². The zero-order valence-corrected chi connectivity index (χ0v) is 21.8. The molecule has 0 spiro atoms. The number of aryl methyl sites for hydroxylation is 1. The first-order chi connectivity index (χ1) is 19.5. The van der Waals surface area contributed by atoms with Crippen molar-refractivity contribution < 1.29 is 44.1 Å². The highest BCUT2D eigenvalue weighted by Gasteiger charge is 2.51. The number of phenolic OH excluding ortho intramolecular Hbond substituents is 3. The molecule has 41 heavy (non-hydrogen) atoms. The Balaban J connectivity index is 1.75. The molecule has 3 N–H and O–H groups in total. The summed E-state index contributed by atoms with van der Waals surface area (Å²) in [5, 5.41) is 41.8. The Bertz CT molecular complexity index is 1600. The highest BCUT2D eigenvalue weighted by molar-refractivity contribution is 6.10. The van der Waals surface area contributed by atoms with E-state index in [2.05, 4.69) is 4.99 Å². The molecule has 1 aliphatic heterocycles. The van der Waals surface area contributed by atoms with E-state index in [4.69, 9.17) is 9.47 Å². The minimum absolute atomic E-state index is 0.204. The fourth-order valence-corrected chi connectivity index (χ4v) is 4.36. The molecular formula is C29H24N2O10. The zero-order chi connectivity index (χ0) is 29.9. The van der Waals surface area contributed by atoms with Gasteiger partial charge in [-0.05, 0) is 49.3 Å². The smallest absolute Gasteiger partial charge is 0.344 e. The topological polar surface area (TPSA) is 186 Å². The summed E-state index contributed by atoms with van der Waals surface area (Å²) in [4.78, 5) is 54.6. The van der Waals surface area contributed by atoms with Crippen LogP contribution in [0, 0.1) is 23.0 Å². The molecule has 3 aromatic rings. The zero-order valence-electron chi connectivity index (χ0n) is 21.8. The summed E-state index contributed by atoms with van der Waals surface area (Å²) in [7, 11) is 1.10. The average Bonchev–Trinajstić information content (AvgIpc) is 3.45. The summed E-state index contributed by atoms with van der Waals surface area (Å²) in [6.45, 7) is 1.82. The Hall–Kier alpha value is -5.52. The van der Waals surface area contributed by atoms with Crippen molar-refractivity contribution in [3.63, 3.8) is 0 Å². The van der Waals surface area contributed by atoms with Gasteiger partial charge in [-0.3, -0.25) is 24.7 Å². The largest absolute Gasteiger partial charge is 0.504 e. The van der Waals surface area contributed by atoms with Crippen molar-refractivity contribution in [1.29, 1.82) is 0 Å². The van der Waals surface area contributed by atoms with E-state index in [-0.39, 0.29) is 17.5 Å². The molecule has 0 aliphatic carbocycles. The van der Waals surface area contributed by atoms with E-state index in [0.717, 1.165) is 24.8 Å². The van der Waals surface area contributed by atoms with Crippen molar-refractivity contribution in [2.45, 2.75) is 18.9 Å². The van der Waals surface area contributed by atoms with Crippen LogP contribution in [0.15, 0.2) is 71.7 Å². The van der Waals surface area contributed by atoms with E-state index in [1.807, 2.05) is 6.92 Å². The number of carbonyl (C=O) groups excluding carboxylic acids is 3. The minimum atomic E-state index is -2.04. The van der Waals surface area contributed by atoms with Crippen LogP contribution in [0.3, 0.4) is 0 Å². The molecule has 12 nitrogen and oxygen atoms in total. The molecule has 210 valence electrons. The molecule has 0 aromatic heterocycles. The van der Waals surface area contributed by atoms with Crippen molar-refractivity contribution >= 4 is 29.6 Å². The van der Waals surface area contributed by atoms with Crippen LogP contribution in [-0.2, 0) is 20.7 Å². The van der Waals surface area contributed by atoms with E-state index in [0.29, 0.717) is 5.56 Å². The number of hydrogen-bond donors (Lipinski definition) is 3. The van der Waals surface area contributed by atoms with E-state index in [1.54, 1.807) is 12.1 Å². The molecule has 0 amide bonds. The molecule has 1 aliphatic rings. The minimum Gasteiger partial charge on any atom is -0.504 e. The second-order valence-electron chi connectivity index (χ2n) is 9.25.